The van der Waals surface area contributed by atoms with E-state index in [1.165, 1.54) is 25.7 Å². The molecule has 0 spiro atoms. The number of amides is 1. The van der Waals surface area contributed by atoms with Crippen LogP contribution in [-0.4, -0.2) is 21.1 Å². The predicted molar refractivity (Wildman–Crippen MR) is 126 cm³/mol. The number of aromatic nitrogens is 3. The summed E-state index contributed by atoms with van der Waals surface area (Å²) in [5.41, 5.74) is 3.38. The Morgan fingerprint density at radius 2 is 1.45 bits per heavy atom. The molecule has 0 atom stereocenters. The fraction of sp³-hybridized carbons (Fsp3) is 0.346. The molecule has 5 nitrogen and oxygen atoms in total. The van der Waals surface area contributed by atoms with E-state index in [1.807, 2.05) is 42.5 Å². The summed E-state index contributed by atoms with van der Waals surface area (Å²) in [6.45, 7) is 0. The van der Waals surface area contributed by atoms with Crippen LogP contribution in [0.1, 0.15) is 51.4 Å². The van der Waals surface area contributed by atoms with Gasteiger partial charge in [0.15, 0.2) is 5.65 Å². The van der Waals surface area contributed by atoms with E-state index in [9.17, 15) is 4.79 Å². The van der Waals surface area contributed by atoms with Gasteiger partial charge in [0, 0.05) is 16.9 Å². The number of pyridine rings is 1. The Balaban J connectivity index is 1.71. The number of aromatic amines is 1. The van der Waals surface area contributed by atoms with Crippen LogP contribution in [0.4, 0.5) is 5.69 Å². The summed E-state index contributed by atoms with van der Waals surface area (Å²) in [6.07, 6.45) is 12.7. The van der Waals surface area contributed by atoms with Gasteiger partial charge in [-0.2, -0.15) is 5.10 Å². The van der Waals surface area contributed by atoms with Crippen molar-refractivity contribution < 1.29 is 4.79 Å². The van der Waals surface area contributed by atoms with Crippen LogP contribution in [0.15, 0.2) is 67.0 Å². The summed E-state index contributed by atoms with van der Waals surface area (Å²) in [4.78, 5) is 17.7. The molecule has 5 heteroatoms. The van der Waals surface area contributed by atoms with Crippen LogP contribution in [0.25, 0.3) is 22.2 Å². The van der Waals surface area contributed by atoms with Gasteiger partial charge in [-0.1, -0.05) is 93.1 Å². The van der Waals surface area contributed by atoms with Gasteiger partial charge in [0.1, 0.15) is 0 Å². The minimum Gasteiger partial charge on any atom is -0.324 e. The summed E-state index contributed by atoms with van der Waals surface area (Å²) in [5.74, 6) is 0.170. The summed E-state index contributed by atoms with van der Waals surface area (Å²) >= 11 is 0. The zero-order valence-corrected chi connectivity index (χ0v) is 17.9. The van der Waals surface area contributed by atoms with Crippen molar-refractivity contribution >= 4 is 22.6 Å². The fourth-order valence-electron chi connectivity index (χ4n) is 4.30. The Morgan fingerprint density at radius 1 is 0.839 bits per heavy atom. The number of hydrogen-bond donors (Lipinski definition) is 2. The van der Waals surface area contributed by atoms with Crippen LogP contribution in [0.3, 0.4) is 0 Å². The highest BCUT2D eigenvalue weighted by Crippen LogP contribution is 2.34. The van der Waals surface area contributed by atoms with Crippen LogP contribution >= 0.6 is 0 Å². The minimum absolute atomic E-state index is 0.0625. The number of anilines is 1. The molecule has 1 aliphatic rings. The van der Waals surface area contributed by atoms with Crippen molar-refractivity contribution in [3.63, 3.8) is 0 Å². The monoisotopic (exact) mass is 414 g/mol. The average Bonchev–Trinajstić information content (AvgIpc) is 3.30. The van der Waals surface area contributed by atoms with Gasteiger partial charge in [-0.25, -0.2) is 4.98 Å². The normalized spacial score (nSPS) is 15.4. The van der Waals surface area contributed by atoms with Gasteiger partial charge in [-0.05, 0) is 18.4 Å². The molecule has 1 amide bonds. The second-order valence-electron chi connectivity index (χ2n) is 8.20. The average molecular weight is 415 g/mol. The molecule has 0 bridgehead atoms. The van der Waals surface area contributed by atoms with Crippen molar-refractivity contribution in [2.75, 3.05) is 5.32 Å². The van der Waals surface area contributed by atoms with Crippen molar-refractivity contribution in [1.82, 2.24) is 15.2 Å². The van der Waals surface area contributed by atoms with E-state index in [1.54, 1.807) is 12.4 Å². The molecule has 3 aromatic rings. The highest BCUT2D eigenvalue weighted by Gasteiger charge is 2.21. The third-order valence-electron chi connectivity index (χ3n) is 5.97. The van der Waals surface area contributed by atoms with Gasteiger partial charge in [0.25, 0.3) is 0 Å². The number of nitrogens with one attached hydrogen (secondary N) is 2. The first-order valence-electron chi connectivity index (χ1n) is 11.3. The molecule has 2 aromatic heterocycles. The first-order chi connectivity index (χ1) is 15.3. The molecule has 1 fully saturated rings. The van der Waals surface area contributed by atoms with Crippen molar-refractivity contribution in [3.8, 4) is 11.1 Å². The lowest BCUT2D eigenvalue weighted by atomic mass is 9.95. The van der Waals surface area contributed by atoms with Crippen LogP contribution in [0, 0.1) is 5.92 Å². The number of fused-ring (bicyclic) bond motifs is 1. The summed E-state index contributed by atoms with van der Waals surface area (Å²) in [6, 6.07) is 18.1. The Hall–Kier alpha value is -3.21. The molecule has 1 saturated carbocycles. The van der Waals surface area contributed by atoms with E-state index in [2.05, 4.69) is 32.6 Å². The molecule has 0 unspecified atom stereocenters. The summed E-state index contributed by atoms with van der Waals surface area (Å²) in [7, 11) is 0. The molecule has 1 aliphatic carbocycles. The molecular formula is C26H30N4O. The van der Waals surface area contributed by atoms with E-state index in [0.717, 1.165) is 47.9 Å². The number of carbonyl (C=O) groups excluding carboxylic acids is 1. The number of nitrogens with zero attached hydrogens (tertiary/aromatic N) is 2. The standard InChI is InChI=1S/C26H30N4O/c31-26(21-16-12-8-4-5-9-13-17-21)29-23-19-27-25-22(18-28-30-25)24(23)20-14-10-6-2-1-3-7-11-15-20/h1-3,6-7,10-11,14-15,18-19,21H,4-5,8-9,12-13,16-17H2,(H,29,31)(H,27,28,30). The molecule has 1 aromatic carbocycles. The second kappa shape index (κ2) is 10.7. The smallest absolute Gasteiger partial charge is 0.227 e. The maximum atomic E-state index is 13.2. The van der Waals surface area contributed by atoms with Crippen molar-refractivity contribution in [1.29, 1.82) is 0 Å². The molecule has 0 saturated heterocycles. The van der Waals surface area contributed by atoms with Gasteiger partial charge in [0.05, 0.1) is 18.1 Å². The summed E-state index contributed by atoms with van der Waals surface area (Å²) < 4.78 is 0. The molecule has 160 valence electrons. The number of carbonyl (C=O) groups is 1. The highest BCUT2D eigenvalue weighted by atomic mass is 16.1. The lowest BCUT2D eigenvalue weighted by molar-refractivity contribution is -0.120. The molecule has 2 N–H and O–H groups in total. The Morgan fingerprint density at radius 3 is 2.13 bits per heavy atom. The molecule has 2 heterocycles. The predicted octanol–water partition coefficient (Wildman–Crippen LogP) is 6.44. The first kappa shape index (κ1) is 21.0. The quantitative estimate of drug-likeness (QED) is 0.518. The number of rotatable bonds is 3. The highest BCUT2D eigenvalue weighted by molar-refractivity contribution is 6.04. The topological polar surface area (TPSA) is 70.7 Å². The van der Waals surface area contributed by atoms with E-state index < -0.39 is 0 Å². The van der Waals surface area contributed by atoms with Crippen LogP contribution in [0.2, 0.25) is 0 Å². The zero-order valence-electron chi connectivity index (χ0n) is 17.9. The Kier molecular flexibility index (Phi) is 7.27. The van der Waals surface area contributed by atoms with Gasteiger partial charge < -0.3 is 5.32 Å². The van der Waals surface area contributed by atoms with Crippen molar-refractivity contribution in [3.05, 3.63) is 67.0 Å². The SMILES string of the molecule is O=C(Nc1cnc2[nH]ncc2c1-c1ccccccccc1)C1CCCCCCCC1. The Labute approximate surface area is 183 Å². The maximum absolute atomic E-state index is 13.2. The van der Waals surface area contributed by atoms with Gasteiger partial charge >= 0.3 is 0 Å². The van der Waals surface area contributed by atoms with E-state index >= 15 is 0 Å². The number of hydrogen-bond acceptors (Lipinski definition) is 3. The lowest BCUT2D eigenvalue weighted by Gasteiger charge is -2.18. The molecule has 31 heavy (non-hydrogen) atoms. The first-order valence-corrected chi connectivity index (χ1v) is 11.3. The van der Waals surface area contributed by atoms with Crippen molar-refractivity contribution in [2.24, 2.45) is 5.92 Å². The molecular weight excluding hydrogens is 384 g/mol. The van der Waals surface area contributed by atoms with E-state index in [4.69, 9.17) is 0 Å². The lowest BCUT2D eigenvalue weighted by Crippen LogP contribution is -2.23. The third-order valence-corrected chi connectivity index (χ3v) is 5.97. The zero-order chi connectivity index (χ0) is 21.3. The minimum atomic E-state index is 0.0625. The molecule has 0 radical (unpaired) electrons. The van der Waals surface area contributed by atoms with Crippen LogP contribution in [-0.2, 0) is 4.79 Å². The van der Waals surface area contributed by atoms with Crippen LogP contribution < -0.4 is 5.32 Å². The summed E-state index contributed by atoms with van der Waals surface area (Å²) in [5, 5.41) is 11.2. The number of H-pyrrole nitrogens is 1. The van der Waals surface area contributed by atoms with E-state index in [-0.39, 0.29) is 11.8 Å². The fourth-order valence-corrected chi connectivity index (χ4v) is 4.30. The van der Waals surface area contributed by atoms with Gasteiger partial charge in [-0.3, -0.25) is 9.89 Å². The van der Waals surface area contributed by atoms with Gasteiger partial charge in [-0.15, -0.1) is 0 Å². The molecule has 0 aliphatic heterocycles. The van der Waals surface area contributed by atoms with Crippen LogP contribution in [0.5, 0.6) is 0 Å². The largest absolute Gasteiger partial charge is 0.324 e. The van der Waals surface area contributed by atoms with Crippen molar-refractivity contribution in [2.45, 2.75) is 51.4 Å². The molecule has 4 rings (SSSR count). The van der Waals surface area contributed by atoms with E-state index in [0.29, 0.717) is 5.65 Å². The second-order valence-corrected chi connectivity index (χ2v) is 8.20. The maximum Gasteiger partial charge on any atom is 0.227 e. The van der Waals surface area contributed by atoms with Gasteiger partial charge in [0.2, 0.25) is 5.91 Å². The Bertz CT molecular complexity index is 1040. The third kappa shape index (κ3) is 5.48.